The van der Waals surface area contributed by atoms with Crippen molar-refractivity contribution in [1.29, 1.82) is 0 Å². The van der Waals surface area contributed by atoms with Gasteiger partial charge in [0.2, 0.25) is 5.91 Å². The Morgan fingerprint density at radius 2 is 2.00 bits per heavy atom. The van der Waals surface area contributed by atoms with E-state index in [0.717, 1.165) is 37.1 Å². The van der Waals surface area contributed by atoms with Crippen molar-refractivity contribution in [2.24, 2.45) is 5.92 Å². The van der Waals surface area contributed by atoms with E-state index in [1.165, 1.54) is 5.56 Å². The summed E-state index contributed by atoms with van der Waals surface area (Å²) in [5.74, 6) is 0.330. The molecule has 130 valence electrons. The molecule has 1 heterocycles. The van der Waals surface area contributed by atoms with Gasteiger partial charge in [0.05, 0.1) is 6.04 Å². The van der Waals surface area contributed by atoms with Crippen molar-refractivity contribution in [3.05, 3.63) is 47.5 Å². The Kier molecular flexibility index (Phi) is 6.32. The van der Waals surface area contributed by atoms with Crippen LogP contribution >= 0.6 is 0 Å². The van der Waals surface area contributed by atoms with Gasteiger partial charge in [0.1, 0.15) is 0 Å². The minimum atomic E-state index is -0.165. The lowest BCUT2D eigenvalue weighted by Gasteiger charge is -2.34. The van der Waals surface area contributed by atoms with Gasteiger partial charge >= 0.3 is 0 Å². The third kappa shape index (κ3) is 4.32. The molecule has 0 aromatic heterocycles. The molecule has 1 amide bonds. The number of benzene rings is 1. The molecule has 1 aliphatic heterocycles. The molecule has 1 aliphatic rings. The van der Waals surface area contributed by atoms with Gasteiger partial charge in [0.15, 0.2) is 5.78 Å². The number of amides is 1. The number of aryl methyl sites for hydroxylation is 2. The van der Waals surface area contributed by atoms with E-state index >= 15 is 0 Å². The highest BCUT2D eigenvalue weighted by molar-refractivity contribution is 5.99. The number of Topliss-reactive ketones (excluding diaryl/α,β-unsaturated/α-hetero) is 1. The minimum Gasteiger partial charge on any atom is -0.351 e. The van der Waals surface area contributed by atoms with E-state index in [1.807, 2.05) is 32.9 Å². The van der Waals surface area contributed by atoms with Gasteiger partial charge in [0.25, 0.3) is 0 Å². The van der Waals surface area contributed by atoms with E-state index in [1.54, 1.807) is 6.08 Å². The zero-order valence-corrected chi connectivity index (χ0v) is 15.0. The van der Waals surface area contributed by atoms with Crippen LogP contribution in [0.15, 0.2) is 30.9 Å². The van der Waals surface area contributed by atoms with E-state index in [-0.39, 0.29) is 23.7 Å². The van der Waals surface area contributed by atoms with Crippen LogP contribution in [0.5, 0.6) is 0 Å². The molecule has 1 aromatic carbocycles. The third-order valence-electron chi connectivity index (χ3n) is 4.90. The van der Waals surface area contributed by atoms with Crippen molar-refractivity contribution < 1.29 is 9.59 Å². The van der Waals surface area contributed by atoms with Crippen molar-refractivity contribution in [2.45, 2.75) is 39.7 Å². The standard InChI is InChI=1S/C20H28N2O2/c1-5-10-21-20(24)16(4)22-11-8-17(9-12-22)19(23)18-7-6-14(2)13-15(18)3/h5-7,13,16-17H,1,8-12H2,2-4H3,(H,21,24)/t16-/m1/s1. The molecule has 0 aliphatic carbocycles. The number of carbonyl (C=O) groups is 2. The lowest BCUT2D eigenvalue weighted by atomic mass is 9.86. The van der Waals surface area contributed by atoms with Crippen LogP contribution < -0.4 is 5.32 Å². The van der Waals surface area contributed by atoms with Crippen LogP contribution in [0.1, 0.15) is 41.3 Å². The number of carbonyl (C=O) groups excluding carboxylic acids is 2. The van der Waals surface area contributed by atoms with Crippen LogP contribution in [0.4, 0.5) is 0 Å². The molecule has 0 bridgehead atoms. The van der Waals surface area contributed by atoms with Crippen LogP contribution in [0, 0.1) is 19.8 Å². The Bertz CT molecular complexity index is 616. The molecule has 1 fully saturated rings. The van der Waals surface area contributed by atoms with Crippen LogP contribution in [0.2, 0.25) is 0 Å². The summed E-state index contributed by atoms with van der Waals surface area (Å²) in [5.41, 5.74) is 3.08. The zero-order chi connectivity index (χ0) is 17.7. The maximum Gasteiger partial charge on any atom is 0.237 e. The molecule has 0 radical (unpaired) electrons. The van der Waals surface area contributed by atoms with Gasteiger partial charge in [-0.1, -0.05) is 29.8 Å². The predicted octanol–water partition coefficient (Wildman–Crippen LogP) is 2.89. The predicted molar refractivity (Wildman–Crippen MR) is 97.2 cm³/mol. The smallest absolute Gasteiger partial charge is 0.237 e. The molecular weight excluding hydrogens is 300 g/mol. The number of nitrogens with one attached hydrogen (secondary N) is 1. The second kappa shape index (κ2) is 8.25. The second-order valence-corrected chi connectivity index (χ2v) is 6.70. The molecule has 0 saturated carbocycles. The van der Waals surface area contributed by atoms with E-state index in [2.05, 4.69) is 22.9 Å². The van der Waals surface area contributed by atoms with Gasteiger partial charge in [-0.15, -0.1) is 6.58 Å². The van der Waals surface area contributed by atoms with Crippen LogP contribution in [-0.4, -0.2) is 42.3 Å². The molecule has 1 N–H and O–H groups in total. The fourth-order valence-corrected chi connectivity index (χ4v) is 3.35. The van der Waals surface area contributed by atoms with Crippen LogP contribution in [-0.2, 0) is 4.79 Å². The highest BCUT2D eigenvalue weighted by Gasteiger charge is 2.30. The first-order valence-electron chi connectivity index (χ1n) is 8.68. The largest absolute Gasteiger partial charge is 0.351 e. The molecule has 4 heteroatoms. The Labute approximate surface area is 144 Å². The number of hydrogen-bond donors (Lipinski definition) is 1. The van der Waals surface area contributed by atoms with E-state index in [9.17, 15) is 9.59 Å². The number of piperidine rings is 1. The second-order valence-electron chi connectivity index (χ2n) is 6.70. The van der Waals surface area contributed by atoms with E-state index in [4.69, 9.17) is 0 Å². The molecule has 4 nitrogen and oxygen atoms in total. The van der Waals surface area contributed by atoms with Gasteiger partial charge in [-0.05, 0) is 52.3 Å². The maximum absolute atomic E-state index is 12.8. The zero-order valence-electron chi connectivity index (χ0n) is 15.0. The van der Waals surface area contributed by atoms with Crippen LogP contribution in [0.25, 0.3) is 0 Å². The fourth-order valence-electron chi connectivity index (χ4n) is 3.35. The highest BCUT2D eigenvalue weighted by Crippen LogP contribution is 2.24. The van der Waals surface area contributed by atoms with Crippen molar-refractivity contribution in [2.75, 3.05) is 19.6 Å². The topological polar surface area (TPSA) is 49.4 Å². The van der Waals surface area contributed by atoms with Gasteiger partial charge in [-0.2, -0.15) is 0 Å². The molecule has 1 saturated heterocycles. The minimum absolute atomic E-state index is 0.0223. The third-order valence-corrected chi connectivity index (χ3v) is 4.90. The van der Waals surface area contributed by atoms with Gasteiger partial charge < -0.3 is 5.32 Å². The molecule has 2 rings (SSSR count). The molecule has 0 spiro atoms. The highest BCUT2D eigenvalue weighted by atomic mass is 16.2. The lowest BCUT2D eigenvalue weighted by molar-refractivity contribution is -0.126. The lowest BCUT2D eigenvalue weighted by Crippen LogP contribution is -2.49. The summed E-state index contributed by atoms with van der Waals surface area (Å²) in [5, 5.41) is 2.84. The molecule has 1 atom stereocenters. The Balaban J connectivity index is 1.93. The Morgan fingerprint density at radius 1 is 1.33 bits per heavy atom. The summed E-state index contributed by atoms with van der Waals surface area (Å²) >= 11 is 0. The number of nitrogens with zero attached hydrogens (tertiary/aromatic N) is 1. The van der Waals surface area contributed by atoms with Crippen molar-refractivity contribution >= 4 is 11.7 Å². The van der Waals surface area contributed by atoms with Gasteiger partial charge in [-0.25, -0.2) is 0 Å². The van der Waals surface area contributed by atoms with Crippen molar-refractivity contribution in [3.8, 4) is 0 Å². The first-order valence-corrected chi connectivity index (χ1v) is 8.68. The summed E-state index contributed by atoms with van der Waals surface area (Å²) in [6, 6.07) is 5.85. The summed E-state index contributed by atoms with van der Waals surface area (Å²) in [4.78, 5) is 27.0. The molecular formula is C20H28N2O2. The summed E-state index contributed by atoms with van der Waals surface area (Å²) < 4.78 is 0. The average molecular weight is 328 g/mol. The Morgan fingerprint density at radius 3 is 2.58 bits per heavy atom. The molecule has 0 unspecified atom stereocenters. The fraction of sp³-hybridized carbons (Fsp3) is 0.500. The molecule has 1 aromatic rings. The van der Waals surface area contributed by atoms with Crippen molar-refractivity contribution in [1.82, 2.24) is 10.2 Å². The summed E-state index contributed by atoms with van der Waals surface area (Å²) in [6.07, 6.45) is 3.30. The Hall–Kier alpha value is -1.94. The average Bonchev–Trinajstić information content (AvgIpc) is 2.58. The number of rotatable bonds is 6. The van der Waals surface area contributed by atoms with E-state index in [0.29, 0.717) is 6.54 Å². The quantitative estimate of drug-likeness (QED) is 0.645. The summed E-state index contributed by atoms with van der Waals surface area (Å²) in [7, 11) is 0. The maximum atomic E-state index is 12.8. The first kappa shape index (κ1) is 18.4. The monoisotopic (exact) mass is 328 g/mol. The number of hydrogen-bond acceptors (Lipinski definition) is 3. The first-order chi connectivity index (χ1) is 11.4. The normalized spacial score (nSPS) is 17.3. The van der Waals surface area contributed by atoms with E-state index < -0.39 is 0 Å². The number of ketones is 1. The van der Waals surface area contributed by atoms with Crippen LogP contribution in [0.3, 0.4) is 0 Å². The van der Waals surface area contributed by atoms with Crippen molar-refractivity contribution in [3.63, 3.8) is 0 Å². The van der Waals surface area contributed by atoms with Gasteiger partial charge in [0, 0.05) is 18.0 Å². The summed E-state index contributed by atoms with van der Waals surface area (Å²) in [6.45, 7) is 11.6. The number of likely N-dealkylation sites (tertiary alicyclic amines) is 1. The van der Waals surface area contributed by atoms with Gasteiger partial charge in [-0.3, -0.25) is 14.5 Å². The molecule has 24 heavy (non-hydrogen) atoms. The SMILES string of the molecule is C=CCNC(=O)[C@@H](C)N1CCC(C(=O)c2ccc(C)cc2C)CC1.